The first-order valence-corrected chi connectivity index (χ1v) is 12.7. The van der Waals surface area contributed by atoms with E-state index in [4.69, 9.17) is 9.47 Å². The number of fused-ring (bicyclic) bond motifs is 2. The molecule has 32 heavy (non-hydrogen) atoms. The number of ether oxygens (including phenoxy) is 2. The third-order valence-corrected chi connectivity index (χ3v) is 7.37. The van der Waals surface area contributed by atoms with Gasteiger partial charge < -0.3 is 14.8 Å². The van der Waals surface area contributed by atoms with Crippen molar-refractivity contribution in [1.29, 1.82) is 0 Å². The van der Waals surface area contributed by atoms with Crippen molar-refractivity contribution < 1.29 is 22.7 Å². The van der Waals surface area contributed by atoms with E-state index in [-0.39, 0.29) is 16.8 Å². The standard InChI is InChI=1S/C24H30N2O5S/c27-24(26-20-10-9-18-6-3-4-7-19(18)16-20)8-2-1-5-13-25-32(28,29)21-11-12-22-23(17-21)31-15-14-30-22/h3-4,6-7,11-12,17,20,25H,1-2,5,8-10,13-16H2,(H,26,27). The summed E-state index contributed by atoms with van der Waals surface area (Å²) in [4.78, 5) is 12.4. The lowest BCUT2D eigenvalue weighted by molar-refractivity contribution is -0.122. The van der Waals surface area contributed by atoms with Gasteiger partial charge in [-0.25, -0.2) is 13.1 Å². The van der Waals surface area contributed by atoms with Crippen molar-refractivity contribution in [3.63, 3.8) is 0 Å². The Kier molecular flexibility index (Phi) is 7.32. The Morgan fingerprint density at radius 3 is 2.59 bits per heavy atom. The molecular formula is C24H30N2O5S. The van der Waals surface area contributed by atoms with Gasteiger partial charge in [0.15, 0.2) is 11.5 Å². The third kappa shape index (κ3) is 5.81. The largest absolute Gasteiger partial charge is 0.486 e. The number of carbonyl (C=O) groups is 1. The zero-order valence-electron chi connectivity index (χ0n) is 18.1. The molecular weight excluding hydrogens is 428 g/mol. The minimum absolute atomic E-state index is 0.0752. The second kappa shape index (κ2) is 10.4. The van der Waals surface area contributed by atoms with E-state index < -0.39 is 10.0 Å². The molecule has 0 bridgehead atoms. The summed E-state index contributed by atoms with van der Waals surface area (Å²) in [5, 5.41) is 3.15. The quantitative estimate of drug-likeness (QED) is 0.564. The first-order chi connectivity index (χ1) is 15.5. The highest BCUT2D eigenvalue weighted by Crippen LogP contribution is 2.32. The van der Waals surface area contributed by atoms with Crippen LogP contribution in [0.25, 0.3) is 0 Å². The van der Waals surface area contributed by atoms with Crippen LogP contribution in [0.15, 0.2) is 47.4 Å². The maximum atomic E-state index is 12.5. The van der Waals surface area contributed by atoms with E-state index in [1.54, 1.807) is 6.07 Å². The van der Waals surface area contributed by atoms with Crippen molar-refractivity contribution in [2.24, 2.45) is 0 Å². The Morgan fingerprint density at radius 1 is 0.969 bits per heavy atom. The van der Waals surface area contributed by atoms with Crippen LogP contribution in [0, 0.1) is 0 Å². The normalized spacial score (nSPS) is 17.4. The molecule has 2 aromatic carbocycles. The Bertz CT molecular complexity index is 1050. The van der Waals surface area contributed by atoms with Gasteiger partial charge in [-0.15, -0.1) is 0 Å². The second-order valence-corrected chi connectivity index (χ2v) is 10.1. The lowest BCUT2D eigenvalue weighted by Gasteiger charge is -2.25. The van der Waals surface area contributed by atoms with Crippen molar-refractivity contribution >= 4 is 15.9 Å². The van der Waals surface area contributed by atoms with Gasteiger partial charge >= 0.3 is 0 Å². The number of benzene rings is 2. The molecule has 2 N–H and O–H groups in total. The SMILES string of the molecule is O=C(CCCCCNS(=O)(=O)c1ccc2c(c1)OCCO2)NC1CCc2ccccc2C1. The van der Waals surface area contributed by atoms with Gasteiger partial charge in [0.05, 0.1) is 4.90 Å². The lowest BCUT2D eigenvalue weighted by atomic mass is 9.88. The van der Waals surface area contributed by atoms with E-state index in [1.807, 2.05) is 6.07 Å². The molecule has 0 spiro atoms. The fourth-order valence-electron chi connectivity index (χ4n) is 4.19. The zero-order chi connectivity index (χ0) is 22.4. The van der Waals surface area contributed by atoms with Gasteiger partial charge in [-0.1, -0.05) is 30.7 Å². The maximum Gasteiger partial charge on any atom is 0.240 e. The molecule has 0 saturated carbocycles. The summed E-state index contributed by atoms with van der Waals surface area (Å²) >= 11 is 0. The Labute approximate surface area is 189 Å². The highest BCUT2D eigenvalue weighted by molar-refractivity contribution is 7.89. The molecule has 2 aliphatic rings. The zero-order valence-corrected chi connectivity index (χ0v) is 19.0. The molecule has 7 nitrogen and oxygen atoms in total. The number of carbonyl (C=O) groups excluding carboxylic acids is 1. The Hall–Kier alpha value is -2.58. The van der Waals surface area contributed by atoms with Crippen molar-refractivity contribution in [3.8, 4) is 11.5 Å². The monoisotopic (exact) mass is 458 g/mol. The molecule has 2 aromatic rings. The molecule has 1 atom stereocenters. The summed E-state index contributed by atoms with van der Waals surface area (Å²) in [6, 6.07) is 13.2. The summed E-state index contributed by atoms with van der Waals surface area (Å²) in [7, 11) is -3.61. The number of amides is 1. The topological polar surface area (TPSA) is 93.7 Å². The molecule has 172 valence electrons. The molecule has 4 rings (SSSR count). The fourth-order valence-corrected chi connectivity index (χ4v) is 5.28. The average molecular weight is 459 g/mol. The summed E-state index contributed by atoms with van der Waals surface area (Å²) in [5.41, 5.74) is 2.71. The van der Waals surface area contributed by atoms with E-state index in [2.05, 4.69) is 28.2 Å². The first-order valence-electron chi connectivity index (χ1n) is 11.3. The van der Waals surface area contributed by atoms with Gasteiger partial charge in [-0.3, -0.25) is 4.79 Å². The van der Waals surface area contributed by atoms with Gasteiger partial charge in [0.25, 0.3) is 0 Å². The number of aryl methyl sites for hydroxylation is 1. The molecule has 1 aliphatic carbocycles. The van der Waals surface area contributed by atoms with Crippen molar-refractivity contribution in [3.05, 3.63) is 53.6 Å². The number of nitrogens with one attached hydrogen (secondary N) is 2. The molecule has 1 heterocycles. The van der Waals surface area contributed by atoms with E-state index in [9.17, 15) is 13.2 Å². The number of unbranched alkanes of at least 4 members (excludes halogenated alkanes) is 2. The second-order valence-electron chi connectivity index (χ2n) is 8.29. The summed E-state index contributed by atoms with van der Waals surface area (Å²) in [6.07, 6.45) is 5.53. The number of rotatable bonds is 9. The molecule has 0 radical (unpaired) electrons. The highest BCUT2D eigenvalue weighted by atomic mass is 32.2. The van der Waals surface area contributed by atoms with E-state index in [0.717, 1.165) is 32.1 Å². The number of hydrogen-bond donors (Lipinski definition) is 2. The van der Waals surface area contributed by atoms with Crippen LogP contribution < -0.4 is 19.5 Å². The molecule has 0 aromatic heterocycles. The van der Waals surface area contributed by atoms with Crippen molar-refractivity contribution in [1.82, 2.24) is 10.0 Å². The van der Waals surface area contributed by atoms with E-state index in [1.165, 1.54) is 23.3 Å². The minimum Gasteiger partial charge on any atom is -0.486 e. The summed E-state index contributed by atoms with van der Waals surface area (Å²) in [6.45, 7) is 1.20. The van der Waals surface area contributed by atoms with Crippen LogP contribution in [0.5, 0.6) is 11.5 Å². The predicted molar refractivity (Wildman–Crippen MR) is 121 cm³/mol. The molecule has 0 saturated heterocycles. The van der Waals surface area contributed by atoms with Gasteiger partial charge in [0.1, 0.15) is 13.2 Å². The fraction of sp³-hybridized carbons (Fsp3) is 0.458. The van der Waals surface area contributed by atoms with Crippen LogP contribution in [-0.4, -0.2) is 40.1 Å². The van der Waals surface area contributed by atoms with Crippen LogP contribution in [0.4, 0.5) is 0 Å². The number of hydrogen-bond acceptors (Lipinski definition) is 5. The minimum atomic E-state index is -3.61. The average Bonchev–Trinajstić information content (AvgIpc) is 2.81. The molecule has 8 heteroatoms. The summed E-state index contributed by atoms with van der Waals surface area (Å²) in [5.74, 6) is 1.09. The van der Waals surface area contributed by atoms with Gasteiger partial charge in [0, 0.05) is 25.1 Å². The third-order valence-electron chi connectivity index (χ3n) is 5.91. The first kappa shape index (κ1) is 22.6. The van der Waals surface area contributed by atoms with E-state index in [0.29, 0.717) is 44.1 Å². The van der Waals surface area contributed by atoms with Crippen molar-refractivity contribution in [2.45, 2.75) is 55.9 Å². The van der Waals surface area contributed by atoms with Gasteiger partial charge in [0.2, 0.25) is 15.9 Å². The van der Waals surface area contributed by atoms with Gasteiger partial charge in [-0.05, 0) is 55.4 Å². The van der Waals surface area contributed by atoms with Crippen LogP contribution in [-0.2, 0) is 27.7 Å². The van der Waals surface area contributed by atoms with Crippen LogP contribution >= 0.6 is 0 Å². The Morgan fingerprint density at radius 2 is 1.75 bits per heavy atom. The number of sulfonamides is 1. The Balaban J connectivity index is 1.13. The van der Waals surface area contributed by atoms with Crippen LogP contribution in [0.3, 0.4) is 0 Å². The van der Waals surface area contributed by atoms with Crippen LogP contribution in [0.1, 0.15) is 43.2 Å². The van der Waals surface area contributed by atoms with E-state index >= 15 is 0 Å². The molecule has 1 unspecified atom stereocenters. The van der Waals surface area contributed by atoms with Crippen LogP contribution in [0.2, 0.25) is 0 Å². The summed E-state index contributed by atoms with van der Waals surface area (Å²) < 4.78 is 38.5. The predicted octanol–water partition coefficient (Wildman–Crippen LogP) is 2.97. The molecule has 0 fully saturated rings. The van der Waals surface area contributed by atoms with Crippen molar-refractivity contribution in [2.75, 3.05) is 19.8 Å². The lowest BCUT2D eigenvalue weighted by Crippen LogP contribution is -2.38. The maximum absolute atomic E-state index is 12.5. The van der Waals surface area contributed by atoms with Gasteiger partial charge in [-0.2, -0.15) is 0 Å². The molecule has 1 amide bonds. The molecule has 1 aliphatic heterocycles. The smallest absolute Gasteiger partial charge is 0.240 e. The highest BCUT2D eigenvalue weighted by Gasteiger charge is 2.20.